The standard InChI is InChI=1S/CH2O3.Bi.O.3H2S/c2-1(3)4;;;;;/h(H2,2,3,4);;;3*1H2/q;+3;;;;/p-3. The van der Waals surface area contributed by atoms with Crippen LogP contribution in [0.5, 0.6) is 0 Å². The molecule has 4 nitrogen and oxygen atoms in total. The molecular formula is CH5BiO4S3. The van der Waals surface area contributed by atoms with Gasteiger partial charge in [0.15, 0.2) is 0 Å². The van der Waals surface area contributed by atoms with E-state index in [4.69, 9.17) is 15.0 Å². The number of rotatable bonds is 0. The summed E-state index contributed by atoms with van der Waals surface area (Å²) in [4.78, 5) is 8.56. The molecule has 0 saturated carbocycles. The van der Waals surface area contributed by atoms with Gasteiger partial charge in [0, 0.05) is 0 Å². The Hall–Kier alpha value is 1.00. The van der Waals surface area contributed by atoms with Crippen molar-refractivity contribution in [3.05, 3.63) is 0 Å². The van der Waals surface area contributed by atoms with Crippen molar-refractivity contribution in [3.8, 4) is 0 Å². The van der Waals surface area contributed by atoms with E-state index >= 15 is 0 Å². The molecule has 0 bridgehead atoms. The molecule has 0 aliphatic heterocycles. The summed E-state index contributed by atoms with van der Waals surface area (Å²) in [6.07, 6.45) is -1.83. The van der Waals surface area contributed by atoms with E-state index < -0.39 is 22.0 Å². The summed E-state index contributed by atoms with van der Waals surface area (Å²) in [5, 5.41) is 13.9. The third kappa shape index (κ3) is 439. The Morgan fingerprint density at radius 2 is 1.22 bits per heavy atom. The Labute approximate surface area is 67.5 Å². The fourth-order valence-corrected chi connectivity index (χ4v) is 0. The molecule has 0 heterocycles. The van der Waals surface area contributed by atoms with Crippen molar-refractivity contribution in [3.63, 3.8) is 0 Å². The summed E-state index contributed by atoms with van der Waals surface area (Å²) in [7, 11) is 10.5. The second kappa shape index (κ2) is 5.76. The third-order valence-corrected chi connectivity index (χ3v) is 0. The van der Waals surface area contributed by atoms with Crippen LogP contribution in [0.25, 0.3) is 0 Å². The van der Waals surface area contributed by atoms with Crippen molar-refractivity contribution in [2.24, 2.45) is 0 Å². The molecular weight excluding hydrogens is 381 g/mol. The molecule has 2 N–H and O–H groups in total. The normalized spacial score (nSPS) is 9.22. The quantitative estimate of drug-likeness (QED) is 0.316. The van der Waals surface area contributed by atoms with Gasteiger partial charge in [-0.2, -0.15) is 0 Å². The molecule has 8 heteroatoms. The molecule has 56 valence electrons. The maximum atomic E-state index is 9.91. The Morgan fingerprint density at radius 3 is 1.22 bits per heavy atom. The summed E-state index contributed by atoms with van der Waals surface area (Å²) in [5.41, 5.74) is 0. The fourth-order valence-electron chi connectivity index (χ4n) is 0. The summed E-state index contributed by atoms with van der Waals surface area (Å²) in [6, 6.07) is 0. The molecule has 0 aromatic carbocycles. The van der Waals surface area contributed by atoms with Crippen LogP contribution in [0, 0.1) is 0 Å². The first kappa shape index (κ1) is 12.7. The zero-order valence-electron chi connectivity index (χ0n) is 4.00. The van der Waals surface area contributed by atoms with Gasteiger partial charge >= 0.3 is 53.0 Å². The van der Waals surface area contributed by atoms with E-state index in [2.05, 4.69) is 28.2 Å². The summed E-state index contributed by atoms with van der Waals surface area (Å²) in [6.45, 7) is 0. The molecule has 0 aromatic heterocycles. The molecule has 0 fully saturated rings. The van der Waals surface area contributed by atoms with Crippen LogP contribution in [0.15, 0.2) is 0 Å². The van der Waals surface area contributed by atoms with E-state index in [1.54, 1.807) is 0 Å². The zero-order valence-corrected chi connectivity index (χ0v) is 10.2. The van der Waals surface area contributed by atoms with Crippen molar-refractivity contribution in [2.75, 3.05) is 0 Å². The van der Waals surface area contributed by atoms with Crippen LogP contribution in [0.3, 0.4) is 0 Å². The second-order valence-electron chi connectivity index (χ2n) is 0.796. The van der Waals surface area contributed by atoms with Crippen LogP contribution in [-0.2, 0) is 2.81 Å². The Kier molecular flexibility index (Phi) is 8.11. The number of hydrogen-bond acceptors (Lipinski definition) is 2. The fraction of sp³-hybridized carbons (Fsp3) is 0. The monoisotopic (exact) mass is 386 g/mol. The van der Waals surface area contributed by atoms with E-state index in [0.29, 0.717) is 0 Å². The van der Waals surface area contributed by atoms with Gasteiger partial charge in [0.05, 0.1) is 0 Å². The maximum absolute atomic E-state index is 9.91. The van der Waals surface area contributed by atoms with Crippen LogP contribution in [0.4, 0.5) is 4.79 Å². The molecule has 0 amide bonds. The Bertz CT molecular complexity index is 116. The molecule has 0 aliphatic carbocycles. The SMILES string of the molecule is O=C(O)O.[O]=[Bi]([SH])([SH])[SH]. The minimum absolute atomic E-state index is 1.83. The molecule has 0 aromatic rings. The van der Waals surface area contributed by atoms with E-state index in [0.717, 1.165) is 0 Å². The van der Waals surface area contributed by atoms with Gasteiger partial charge in [0.1, 0.15) is 0 Å². The van der Waals surface area contributed by atoms with E-state index in [9.17, 15) is 2.81 Å². The van der Waals surface area contributed by atoms with Gasteiger partial charge in [-0.25, -0.2) is 4.79 Å². The topological polar surface area (TPSA) is 74.6 Å². The first-order valence-corrected chi connectivity index (χ1v) is 18.0. The van der Waals surface area contributed by atoms with Crippen molar-refractivity contribution in [1.82, 2.24) is 0 Å². The predicted molar refractivity (Wildman–Crippen MR) is 44.1 cm³/mol. The molecule has 0 radical (unpaired) electrons. The van der Waals surface area contributed by atoms with Crippen LogP contribution in [0.2, 0.25) is 0 Å². The number of carbonyl (C=O) groups is 1. The first-order valence-electron chi connectivity index (χ1n) is 1.43. The molecule has 0 aliphatic rings. The molecule has 0 rings (SSSR count). The summed E-state index contributed by atoms with van der Waals surface area (Å²) >= 11 is -3.39. The second-order valence-corrected chi connectivity index (χ2v) is 27.9. The van der Waals surface area contributed by atoms with Crippen molar-refractivity contribution in [1.29, 1.82) is 0 Å². The van der Waals surface area contributed by atoms with Crippen LogP contribution < -0.4 is 0 Å². The Balaban J connectivity index is 0. The average Bonchev–Trinajstić information content (AvgIpc) is 1.19. The number of carboxylic acid groups (broad SMARTS) is 2. The molecule has 0 saturated heterocycles. The van der Waals surface area contributed by atoms with Crippen molar-refractivity contribution in [2.45, 2.75) is 0 Å². The van der Waals surface area contributed by atoms with E-state index in [1.165, 1.54) is 0 Å². The van der Waals surface area contributed by atoms with Gasteiger partial charge in [-0.05, 0) is 0 Å². The van der Waals surface area contributed by atoms with Gasteiger partial charge in [0.2, 0.25) is 0 Å². The minimum atomic E-state index is -3.39. The Morgan fingerprint density at radius 1 is 1.22 bits per heavy atom. The molecule has 9 heavy (non-hydrogen) atoms. The molecule has 0 unspecified atom stereocenters. The van der Waals surface area contributed by atoms with Crippen molar-refractivity contribution < 1.29 is 17.8 Å². The summed E-state index contributed by atoms with van der Waals surface area (Å²) in [5.74, 6) is 0. The van der Waals surface area contributed by atoms with Crippen LogP contribution in [0.1, 0.15) is 0 Å². The first-order chi connectivity index (χ1) is 3.73. The van der Waals surface area contributed by atoms with E-state index in [1.807, 2.05) is 0 Å². The number of thiol groups is 3. The van der Waals surface area contributed by atoms with Gasteiger partial charge in [-0.3, -0.25) is 0 Å². The van der Waals surface area contributed by atoms with Gasteiger partial charge < -0.3 is 10.2 Å². The predicted octanol–water partition coefficient (Wildman–Crippen LogP) is 0.864. The van der Waals surface area contributed by atoms with Crippen LogP contribution >= 0.6 is 28.2 Å². The van der Waals surface area contributed by atoms with Gasteiger partial charge in [-0.1, -0.05) is 0 Å². The molecule has 0 spiro atoms. The van der Waals surface area contributed by atoms with Gasteiger partial charge in [0.25, 0.3) is 0 Å². The zero-order chi connectivity index (χ0) is 8.08. The summed E-state index contributed by atoms with van der Waals surface area (Å²) < 4.78 is 9.91. The van der Waals surface area contributed by atoms with Crippen LogP contribution in [-0.4, -0.2) is 32.2 Å². The van der Waals surface area contributed by atoms with Crippen molar-refractivity contribution >= 4 is 50.2 Å². The molecule has 0 atom stereocenters. The average molecular weight is 386 g/mol. The van der Waals surface area contributed by atoms with Gasteiger partial charge in [-0.15, -0.1) is 0 Å². The van der Waals surface area contributed by atoms with E-state index in [-0.39, 0.29) is 0 Å². The number of hydrogen-bond donors (Lipinski definition) is 5. The third-order valence-electron chi connectivity index (χ3n) is 0.